The Kier molecular flexibility index (Phi) is 3.55. The van der Waals surface area contributed by atoms with Crippen molar-refractivity contribution in [3.63, 3.8) is 0 Å². The summed E-state index contributed by atoms with van der Waals surface area (Å²) in [6.45, 7) is 0.531. The van der Waals surface area contributed by atoms with Gasteiger partial charge in [-0.1, -0.05) is 6.07 Å². The van der Waals surface area contributed by atoms with E-state index >= 15 is 0 Å². The van der Waals surface area contributed by atoms with Gasteiger partial charge in [-0.25, -0.2) is 0 Å². The van der Waals surface area contributed by atoms with E-state index < -0.39 is 0 Å². The van der Waals surface area contributed by atoms with Gasteiger partial charge in [-0.2, -0.15) is 5.10 Å². The molecule has 0 aliphatic heterocycles. The van der Waals surface area contributed by atoms with Crippen LogP contribution in [-0.2, 0) is 6.54 Å². The Hall–Kier alpha value is -2.82. The number of carbonyl (C=O) groups is 1. The van der Waals surface area contributed by atoms with Gasteiger partial charge in [-0.3, -0.25) is 9.89 Å². The topological polar surface area (TPSA) is 53.9 Å². The first-order valence-electron chi connectivity index (χ1n) is 6.70. The van der Waals surface area contributed by atoms with Crippen molar-refractivity contribution in [1.29, 1.82) is 0 Å². The fourth-order valence-electron chi connectivity index (χ4n) is 2.24. The van der Waals surface area contributed by atoms with E-state index in [4.69, 9.17) is 0 Å². The number of aromatic amines is 1. The summed E-state index contributed by atoms with van der Waals surface area (Å²) in [7, 11) is 1.79. The normalized spacial score (nSPS) is 10.5. The molecule has 1 amide bonds. The monoisotopic (exact) mass is 280 g/mol. The number of rotatable bonds is 4. The van der Waals surface area contributed by atoms with Gasteiger partial charge in [0.1, 0.15) is 0 Å². The van der Waals surface area contributed by atoms with Crippen molar-refractivity contribution >= 4 is 5.91 Å². The second-order valence-corrected chi connectivity index (χ2v) is 4.91. The number of hydrogen-bond acceptors (Lipinski definition) is 2. The third kappa shape index (κ3) is 2.86. The zero-order chi connectivity index (χ0) is 14.7. The Morgan fingerprint density at radius 2 is 2.10 bits per heavy atom. The summed E-state index contributed by atoms with van der Waals surface area (Å²) in [5, 5.41) is 6.64. The zero-order valence-electron chi connectivity index (χ0n) is 11.7. The molecule has 0 unspecified atom stereocenters. The molecule has 0 saturated carbocycles. The highest BCUT2D eigenvalue weighted by Crippen LogP contribution is 2.13. The molecule has 21 heavy (non-hydrogen) atoms. The van der Waals surface area contributed by atoms with Crippen LogP contribution in [0.5, 0.6) is 0 Å². The lowest BCUT2D eigenvalue weighted by Crippen LogP contribution is -2.26. The minimum absolute atomic E-state index is 0.00907. The molecule has 106 valence electrons. The summed E-state index contributed by atoms with van der Waals surface area (Å²) in [4.78, 5) is 14.2. The molecule has 0 aliphatic rings. The van der Waals surface area contributed by atoms with Crippen molar-refractivity contribution in [1.82, 2.24) is 19.7 Å². The van der Waals surface area contributed by atoms with Crippen LogP contribution in [0.4, 0.5) is 0 Å². The van der Waals surface area contributed by atoms with E-state index in [1.165, 1.54) is 0 Å². The van der Waals surface area contributed by atoms with E-state index in [0.29, 0.717) is 12.1 Å². The minimum Gasteiger partial charge on any atom is -0.337 e. The lowest BCUT2D eigenvalue weighted by molar-refractivity contribution is 0.0785. The molecule has 3 aromatic rings. The van der Waals surface area contributed by atoms with Crippen LogP contribution in [0.15, 0.2) is 61.2 Å². The summed E-state index contributed by atoms with van der Waals surface area (Å²) in [5.41, 5.74) is 2.63. The van der Waals surface area contributed by atoms with Gasteiger partial charge in [0.2, 0.25) is 0 Å². The van der Waals surface area contributed by atoms with Gasteiger partial charge in [0.15, 0.2) is 0 Å². The molecule has 0 atom stereocenters. The van der Waals surface area contributed by atoms with Crippen molar-refractivity contribution in [3.05, 3.63) is 72.3 Å². The molecule has 5 nitrogen and oxygen atoms in total. The van der Waals surface area contributed by atoms with Crippen LogP contribution in [0.25, 0.3) is 5.69 Å². The van der Waals surface area contributed by atoms with E-state index in [9.17, 15) is 4.79 Å². The third-order valence-corrected chi connectivity index (χ3v) is 3.32. The lowest BCUT2D eigenvalue weighted by Gasteiger charge is -2.16. The van der Waals surface area contributed by atoms with Crippen LogP contribution in [0, 0.1) is 0 Å². The summed E-state index contributed by atoms with van der Waals surface area (Å²) < 4.78 is 1.98. The van der Waals surface area contributed by atoms with Crippen LogP contribution in [0.1, 0.15) is 15.9 Å². The maximum absolute atomic E-state index is 12.5. The molecule has 0 spiro atoms. The molecule has 0 aliphatic carbocycles. The van der Waals surface area contributed by atoms with Crippen molar-refractivity contribution in [2.45, 2.75) is 6.54 Å². The molecule has 2 aromatic heterocycles. The zero-order valence-corrected chi connectivity index (χ0v) is 11.7. The van der Waals surface area contributed by atoms with E-state index in [-0.39, 0.29) is 5.91 Å². The molecule has 1 aromatic carbocycles. The van der Waals surface area contributed by atoms with E-state index in [1.807, 2.05) is 53.4 Å². The van der Waals surface area contributed by atoms with Crippen LogP contribution >= 0.6 is 0 Å². The molecule has 0 fully saturated rings. The van der Waals surface area contributed by atoms with E-state index in [2.05, 4.69) is 10.2 Å². The first-order chi connectivity index (χ1) is 10.2. The maximum atomic E-state index is 12.5. The number of hydrogen-bond donors (Lipinski definition) is 1. The van der Waals surface area contributed by atoms with Crippen molar-refractivity contribution in [3.8, 4) is 5.69 Å². The Labute approximate surface area is 122 Å². The summed E-state index contributed by atoms with van der Waals surface area (Å²) in [5.74, 6) is -0.00907. The first-order valence-corrected chi connectivity index (χ1v) is 6.70. The highest BCUT2D eigenvalue weighted by Gasteiger charge is 2.13. The van der Waals surface area contributed by atoms with Crippen molar-refractivity contribution in [2.24, 2.45) is 0 Å². The fraction of sp³-hybridized carbons (Fsp3) is 0.125. The van der Waals surface area contributed by atoms with Gasteiger partial charge in [-0.15, -0.1) is 0 Å². The quantitative estimate of drug-likeness (QED) is 0.798. The van der Waals surface area contributed by atoms with Crippen molar-refractivity contribution < 1.29 is 4.79 Å². The third-order valence-electron chi connectivity index (χ3n) is 3.32. The minimum atomic E-state index is -0.00907. The molecule has 0 bridgehead atoms. The maximum Gasteiger partial charge on any atom is 0.253 e. The second kappa shape index (κ2) is 5.66. The highest BCUT2D eigenvalue weighted by atomic mass is 16.2. The van der Waals surface area contributed by atoms with Gasteiger partial charge >= 0.3 is 0 Å². The number of H-pyrrole nitrogens is 1. The number of benzene rings is 1. The summed E-state index contributed by atoms with van der Waals surface area (Å²) >= 11 is 0. The predicted octanol–water partition coefficient (Wildman–Crippen LogP) is 2.47. The van der Waals surface area contributed by atoms with Crippen LogP contribution < -0.4 is 0 Å². The van der Waals surface area contributed by atoms with Gasteiger partial charge in [-0.05, 0) is 30.3 Å². The highest BCUT2D eigenvalue weighted by molar-refractivity contribution is 5.94. The van der Waals surface area contributed by atoms with E-state index in [0.717, 1.165) is 11.3 Å². The SMILES string of the molecule is CN(Cc1cn[nH]c1)C(=O)c1cccc(-n2cccc2)c1. The molecule has 2 heterocycles. The number of nitrogens with one attached hydrogen (secondary N) is 1. The smallest absolute Gasteiger partial charge is 0.253 e. The molecule has 1 N–H and O–H groups in total. The van der Waals surface area contributed by atoms with Gasteiger partial charge in [0.25, 0.3) is 5.91 Å². The molecule has 0 saturated heterocycles. The van der Waals surface area contributed by atoms with Crippen molar-refractivity contribution in [2.75, 3.05) is 7.05 Å². The average molecular weight is 280 g/mol. The second-order valence-electron chi connectivity index (χ2n) is 4.91. The molecule has 0 radical (unpaired) electrons. The van der Waals surface area contributed by atoms with E-state index in [1.54, 1.807) is 24.3 Å². The number of carbonyl (C=O) groups excluding carboxylic acids is 1. The molecular weight excluding hydrogens is 264 g/mol. The summed E-state index contributed by atoms with van der Waals surface area (Å²) in [6, 6.07) is 11.5. The molecule has 3 rings (SSSR count). The fourth-order valence-corrected chi connectivity index (χ4v) is 2.24. The van der Waals surface area contributed by atoms with Crippen LogP contribution in [0.2, 0.25) is 0 Å². The largest absolute Gasteiger partial charge is 0.337 e. The number of aromatic nitrogens is 3. The molecular formula is C16H16N4O. The predicted molar refractivity (Wildman–Crippen MR) is 80.2 cm³/mol. The Bertz CT molecular complexity index is 717. The number of amides is 1. The standard InChI is InChI=1S/C16H16N4O/c1-19(12-13-10-17-18-11-13)16(21)14-5-4-6-15(9-14)20-7-2-3-8-20/h2-11H,12H2,1H3,(H,17,18). The van der Waals surface area contributed by atoms with Gasteiger partial charge < -0.3 is 9.47 Å². The van der Waals surface area contributed by atoms with Gasteiger partial charge in [0, 0.05) is 49.0 Å². The Balaban J connectivity index is 1.80. The Morgan fingerprint density at radius 3 is 2.81 bits per heavy atom. The Morgan fingerprint density at radius 1 is 1.29 bits per heavy atom. The average Bonchev–Trinajstić information content (AvgIpc) is 3.20. The van der Waals surface area contributed by atoms with Gasteiger partial charge in [0.05, 0.1) is 6.20 Å². The first kappa shape index (κ1) is 13.2. The number of nitrogens with zero attached hydrogens (tertiary/aromatic N) is 3. The summed E-state index contributed by atoms with van der Waals surface area (Å²) in [6.07, 6.45) is 7.43. The van der Waals surface area contributed by atoms with Crippen LogP contribution in [0.3, 0.4) is 0 Å². The lowest BCUT2D eigenvalue weighted by atomic mass is 10.1. The molecule has 5 heteroatoms. The van der Waals surface area contributed by atoms with Crippen LogP contribution in [-0.4, -0.2) is 32.6 Å².